The first-order valence-electron chi connectivity index (χ1n) is 9.40. The first-order valence-corrected chi connectivity index (χ1v) is 9.40. The minimum atomic E-state index is -0.402. The van der Waals surface area contributed by atoms with Gasteiger partial charge in [0.05, 0.1) is 5.69 Å². The molecule has 3 aromatic rings. The molecule has 0 spiro atoms. The van der Waals surface area contributed by atoms with Crippen LogP contribution in [0.2, 0.25) is 0 Å². The number of aryl methyl sites for hydroxylation is 1. The molecule has 0 aliphatic heterocycles. The molecular weight excluding hydrogens is 343 g/mol. The lowest BCUT2D eigenvalue weighted by atomic mass is 10.2. The minimum absolute atomic E-state index is 0.285. The number of amides is 1. The molecule has 0 fully saturated rings. The quantitative estimate of drug-likeness (QED) is 0.667. The number of nitrogens with one attached hydrogen (secondary N) is 1. The molecule has 0 saturated heterocycles. The summed E-state index contributed by atoms with van der Waals surface area (Å²) in [4.78, 5) is 19.7. The predicted molar refractivity (Wildman–Crippen MR) is 107 cm³/mol. The monoisotopic (exact) mass is 368 g/mol. The molecule has 1 N–H and O–H groups in total. The third-order valence-electron chi connectivity index (χ3n) is 4.61. The van der Waals surface area contributed by atoms with Gasteiger partial charge in [0.2, 0.25) is 0 Å². The van der Waals surface area contributed by atoms with Gasteiger partial charge in [0.25, 0.3) is 5.91 Å². The van der Waals surface area contributed by atoms with Crippen molar-refractivity contribution in [3.8, 4) is 0 Å². The normalized spacial score (nSPS) is 11.0. The van der Waals surface area contributed by atoms with Crippen LogP contribution < -0.4 is 10.2 Å². The van der Waals surface area contributed by atoms with Crippen LogP contribution in [0.3, 0.4) is 0 Å². The van der Waals surface area contributed by atoms with E-state index in [-0.39, 0.29) is 5.91 Å². The van der Waals surface area contributed by atoms with E-state index in [4.69, 9.17) is 0 Å². The summed E-state index contributed by atoms with van der Waals surface area (Å²) >= 11 is 0. The number of halogens is 1. The minimum Gasteiger partial charge on any atom is -0.372 e. The van der Waals surface area contributed by atoms with Crippen molar-refractivity contribution in [2.45, 2.75) is 33.6 Å². The smallest absolute Gasteiger partial charge is 0.274 e. The Balaban J connectivity index is 1.89. The number of fused-ring (bicyclic) bond motifs is 1. The first-order chi connectivity index (χ1) is 13.1. The summed E-state index contributed by atoms with van der Waals surface area (Å²) in [5.41, 5.74) is 3.45. The number of carbonyl (C=O) groups is 1. The van der Waals surface area contributed by atoms with Crippen molar-refractivity contribution in [2.24, 2.45) is 0 Å². The lowest BCUT2D eigenvalue weighted by Crippen LogP contribution is -2.21. The van der Waals surface area contributed by atoms with Crippen LogP contribution in [0.4, 0.5) is 15.8 Å². The van der Waals surface area contributed by atoms with E-state index in [1.54, 1.807) is 6.07 Å². The van der Waals surface area contributed by atoms with Crippen molar-refractivity contribution in [2.75, 3.05) is 23.3 Å². The van der Waals surface area contributed by atoms with Crippen LogP contribution in [-0.2, 0) is 6.42 Å². The highest BCUT2D eigenvalue weighted by atomic mass is 19.1. The zero-order valence-electron chi connectivity index (χ0n) is 16.0. The molecule has 27 heavy (non-hydrogen) atoms. The fourth-order valence-corrected chi connectivity index (χ4v) is 3.25. The number of pyridine rings is 1. The summed E-state index contributed by atoms with van der Waals surface area (Å²) in [5, 5.41) is 2.92. The van der Waals surface area contributed by atoms with Gasteiger partial charge in [0, 0.05) is 30.7 Å². The predicted octanol–water partition coefficient (Wildman–Crippen LogP) is 4.52. The largest absolute Gasteiger partial charge is 0.372 e. The lowest BCUT2D eigenvalue weighted by Gasteiger charge is -2.21. The van der Waals surface area contributed by atoms with Gasteiger partial charge in [0.1, 0.15) is 17.2 Å². The van der Waals surface area contributed by atoms with Gasteiger partial charge in [0.15, 0.2) is 0 Å². The van der Waals surface area contributed by atoms with E-state index in [0.29, 0.717) is 29.1 Å². The molecule has 0 atom stereocenters. The number of anilines is 2. The number of rotatable bonds is 7. The lowest BCUT2D eigenvalue weighted by molar-refractivity contribution is 0.102. The van der Waals surface area contributed by atoms with Crippen molar-refractivity contribution < 1.29 is 9.18 Å². The molecule has 1 amide bonds. The fraction of sp³-hybridized carbons (Fsp3) is 0.333. The highest BCUT2D eigenvalue weighted by Crippen LogP contribution is 2.20. The Kier molecular flexibility index (Phi) is 5.74. The second kappa shape index (κ2) is 8.20. The Labute approximate surface area is 158 Å². The molecule has 0 unspecified atom stereocenters. The third kappa shape index (κ3) is 3.94. The standard InChI is InChI=1S/C21H25FN4O/c1-4-7-18-20(26-14-15(22)8-13-19(26)24-18)21(27)23-16-9-11-17(12-10-16)25(5-2)6-3/h8-14H,4-7H2,1-3H3,(H,23,27). The molecule has 6 heteroatoms. The van der Waals surface area contributed by atoms with Gasteiger partial charge in [-0.1, -0.05) is 13.3 Å². The molecule has 0 aliphatic rings. The molecule has 0 aliphatic carbocycles. The van der Waals surface area contributed by atoms with E-state index in [0.717, 1.165) is 25.2 Å². The Morgan fingerprint density at radius 1 is 1.11 bits per heavy atom. The molecule has 2 aromatic heterocycles. The zero-order valence-corrected chi connectivity index (χ0v) is 16.0. The summed E-state index contributed by atoms with van der Waals surface area (Å²) in [6.45, 7) is 8.10. The second-order valence-corrected chi connectivity index (χ2v) is 6.41. The molecule has 3 rings (SSSR count). The summed E-state index contributed by atoms with van der Waals surface area (Å²) in [5.74, 6) is -0.687. The molecule has 2 heterocycles. The van der Waals surface area contributed by atoms with Crippen LogP contribution in [0.25, 0.3) is 5.65 Å². The van der Waals surface area contributed by atoms with E-state index in [9.17, 15) is 9.18 Å². The number of nitrogens with zero attached hydrogens (tertiary/aromatic N) is 3. The SMILES string of the molecule is CCCc1nc2ccc(F)cn2c1C(=O)Nc1ccc(N(CC)CC)cc1. The summed E-state index contributed by atoms with van der Waals surface area (Å²) < 4.78 is 15.2. The fourth-order valence-electron chi connectivity index (χ4n) is 3.25. The van der Waals surface area contributed by atoms with Gasteiger partial charge < -0.3 is 10.2 Å². The van der Waals surface area contributed by atoms with Crippen LogP contribution in [0.1, 0.15) is 43.4 Å². The van der Waals surface area contributed by atoms with Crippen LogP contribution in [0.15, 0.2) is 42.6 Å². The molecule has 1 aromatic carbocycles. The van der Waals surface area contributed by atoms with Gasteiger partial charge >= 0.3 is 0 Å². The summed E-state index contributed by atoms with van der Waals surface area (Å²) in [7, 11) is 0. The highest BCUT2D eigenvalue weighted by molar-refractivity contribution is 6.04. The Bertz CT molecular complexity index is 929. The second-order valence-electron chi connectivity index (χ2n) is 6.41. The van der Waals surface area contributed by atoms with Crippen molar-refractivity contribution in [1.29, 1.82) is 0 Å². The van der Waals surface area contributed by atoms with Crippen molar-refractivity contribution in [3.63, 3.8) is 0 Å². The Morgan fingerprint density at radius 3 is 2.44 bits per heavy atom. The van der Waals surface area contributed by atoms with Crippen molar-refractivity contribution in [3.05, 3.63) is 59.8 Å². The third-order valence-corrected chi connectivity index (χ3v) is 4.61. The Morgan fingerprint density at radius 2 is 1.81 bits per heavy atom. The van der Waals surface area contributed by atoms with Crippen LogP contribution in [-0.4, -0.2) is 28.4 Å². The average Bonchev–Trinajstić information content (AvgIpc) is 3.01. The molecule has 5 nitrogen and oxygen atoms in total. The number of carbonyl (C=O) groups excluding carboxylic acids is 1. The van der Waals surface area contributed by atoms with Gasteiger partial charge in [-0.05, 0) is 56.7 Å². The van der Waals surface area contributed by atoms with E-state index in [1.165, 1.54) is 16.7 Å². The van der Waals surface area contributed by atoms with Crippen LogP contribution in [0.5, 0.6) is 0 Å². The average molecular weight is 368 g/mol. The maximum Gasteiger partial charge on any atom is 0.274 e. The number of hydrogen-bond acceptors (Lipinski definition) is 3. The maximum atomic E-state index is 13.7. The number of aromatic nitrogens is 2. The molecule has 0 saturated carbocycles. The van der Waals surface area contributed by atoms with Gasteiger partial charge in [-0.3, -0.25) is 9.20 Å². The molecule has 0 bridgehead atoms. The van der Waals surface area contributed by atoms with Gasteiger partial charge in [-0.25, -0.2) is 9.37 Å². The first kappa shape index (κ1) is 18.9. The topological polar surface area (TPSA) is 49.6 Å². The molecular formula is C21H25FN4O. The van der Waals surface area contributed by atoms with Crippen molar-refractivity contribution >= 4 is 22.9 Å². The van der Waals surface area contributed by atoms with E-state index < -0.39 is 5.82 Å². The molecule has 0 radical (unpaired) electrons. The number of benzene rings is 1. The van der Waals surface area contributed by atoms with Crippen LogP contribution >= 0.6 is 0 Å². The highest BCUT2D eigenvalue weighted by Gasteiger charge is 2.19. The van der Waals surface area contributed by atoms with E-state index in [2.05, 4.69) is 29.0 Å². The maximum absolute atomic E-state index is 13.7. The van der Waals surface area contributed by atoms with Gasteiger partial charge in [-0.2, -0.15) is 0 Å². The van der Waals surface area contributed by atoms with E-state index >= 15 is 0 Å². The summed E-state index contributed by atoms with van der Waals surface area (Å²) in [6.07, 6.45) is 2.82. The van der Waals surface area contributed by atoms with Gasteiger partial charge in [-0.15, -0.1) is 0 Å². The van der Waals surface area contributed by atoms with E-state index in [1.807, 2.05) is 31.2 Å². The Hall–Kier alpha value is -2.89. The number of imidazole rings is 1. The number of hydrogen-bond donors (Lipinski definition) is 1. The van der Waals surface area contributed by atoms with Crippen LogP contribution in [0, 0.1) is 5.82 Å². The zero-order chi connectivity index (χ0) is 19.4. The summed E-state index contributed by atoms with van der Waals surface area (Å²) in [6, 6.07) is 10.7. The van der Waals surface area contributed by atoms with Crippen molar-refractivity contribution in [1.82, 2.24) is 9.38 Å². The molecule has 142 valence electrons.